The minimum Gasteiger partial charge on any atom is -0.331 e. The third-order valence-electron chi connectivity index (χ3n) is 1.26. The van der Waals surface area contributed by atoms with E-state index in [1.807, 2.05) is 0 Å². The maximum atomic E-state index is 11.1. The Morgan fingerprint density at radius 3 is 2.62 bits per heavy atom. The molecule has 0 saturated carbocycles. The van der Waals surface area contributed by atoms with Crippen LogP contribution in [0.2, 0.25) is 0 Å². The minimum atomic E-state index is -0.225. The highest BCUT2D eigenvalue weighted by atomic mass is 79.9. The first-order valence-electron chi connectivity index (χ1n) is 3.55. The third-order valence-corrected chi connectivity index (χ3v) is 1.67. The molecule has 13 heavy (non-hydrogen) atoms. The topological polar surface area (TPSA) is 58.1 Å². The van der Waals surface area contributed by atoms with E-state index < -0.39 is 0 Å². The van der Waals surface area contributed by atoms with E-state index in [1.165, 1.54) is 17.3 Å². The summed E-state index contributed by atoms with van der Waals surface area (Å²) in [6, 6.07) is -0.225. The Hall–Kier alpha value is -1.17. The highest BCUT2D eigenvalue weighted by Crippen LogP contribution is 2.06. The summed E-state index contributed by atoms with van der Waals surface area (Å²) in [5.74, 6) is 0.432. The van der Waals surface area contributed by atoms with Gasteiger partial charge in [-0.25, -0.2) is 14.8 Å². The zero-order valence-corrected chi connectivity index (χ0v) is 8.87. The third kappa shape index (κ3) is 2.98. The first-order chi connectivity index (χ1) is 6.09. The number of carbonyl (C=O) groups excluding carboxylic acids is 1. The lowest BCUT2D eigenvalue weighted by Gasteiger charge is -2.10. The molecular weight excluding hydrogens is 236 g/mol. The van der Waals surface area contributed by atoms with Crippen LogP contribution in [0.15, 0.2) is 17.0 Å². The van der Waals surface area contributed by atoms with Gasteiger partial charge in [0.2, 0.25) is 0 Å². The van der Waals surface area contributed by atoms with Gasteiger partial charge < -0.3 is 4.90 Å². The molecule has 0 aliphatic carbocycles. The van der Waals surface area contributed by atoms with E-state index in [0.717, 1.165) is 0 Å². The largest absolute Gasteiger partial charge is 0.331 e. The van der Waals surface area contributed by atoms with Crippen molar-refractivity contribution in [2.75, 3.05) is 19.4 Å². The molecule has 0 aromatic carbocycles. The van der Waals surface area contributed by atoms with Crippen molar-refractivity contribution in [2.24, 2.45) is 0 Å². The molecule has 1 rings (SSSR count). The fraction of sp³-hybridized carbons (Fsp3) is 0.286. The minimum absolute atomic E-state index is 0.225. The Morgan fingerprint density at radius 2 is 2.15 bits per heavy atom. The monoisotopic (exact) mass is 244 g/mol. The second-order valence-corrected chi connectivity index (χ2v) is 3.36. The predicted octanol–water partition coefficient (Wildman–Crippen LogP) is 1.33. The van der Waals surface area contributed by atoms with Crippen molar-refractivity contribution in [3.8, 4) is 0 Å². The zero-order valence-electron chi connectivity index (χ0n) is 7.28. The van der Waals surface area contributed by atoms with Crippen molar-refractivity contribution in [2.45, 2.75) is 0 Å². The second-order valence-electron chi connectivity index (χ2n) is 2.55. The molecular formula is C7H9BrN4O. The molecule has 0 spiro atoms. The Balaban J connectivity index is 2.65. The van der Waals surface area contributed by atoms with Crippen LogP contribution in [-0.2, 0) is 0 Å². The van der Waals surface area contributed by atoms with E-state index in [2.05, 4.69) is 31.2 Å². The number of halogens is 1. The lowest BCUT2D eigenvalue weighted by Crippen LogP contribution is -2.27. The Kier molecular flexibility index (Phi) is 3.18. The van der Waals surface area contributed by atoms with Gasteiger partial charge in [0.05, 0.1) is 12.4 Å². The van der Waals surface area contributed by atoms with E-state index in [-0.39, 0.29) is 6.03 Å². The summed E-state index contributed by atoms with van der Waals surface area (Å²) in [6.07, 6.45) is 3.00. The molecule has 70 valence electrons. The van der Waals surface area contributed by atoms with Crippen molar-refractivity contribution in [1.29, 1.82) is 0 Å². The van der Waals surface area contributed by atoms with Gasteiger partial charge in [-0.2, -0.15) is 0 Å². The molecule has 0 unspecified atom stereocenters. The molecule has 6 heteroatoms. The van der Waals surface area contributed by atoms with E-state index in [9.17, 15) is 4.79 Å². The van der Waals surface area contributed by atoms with Gasteiger partial charge in [0, 0.05) is 14.1 Å². The SMILES string of the molecule is CN(C)C(=O)Nc1cnc(Br)cn1. The average molecular weight is 245 g/mol. The molecule has 5 nitrogen and oxygen atoms in total. The van der Waals surface area contributed by atoms with Crippen molar-refractivity contribution in [3.05, 3.63) is 17.0 Å². The molecule has 0 fully saturated rings. The van der Waals surface area contributed by atoms with Crippen molar-refractivity contribution >= 4 is 27.8 Å². The quantitative estimate of drug-likeness (QED) is 0.811. The molecule has 0 aliphatic rings. The average Bonchev–Trinajstić information content (AvgIpc) is 2.08. The summed E-state index contributed by atoms with van der Waals surface area (Å²) in [7, 11) is 3.31. The summed E-state index contributed by atoms with van der Waals surface area (Å²) in [6.45, 7) is 0. The second kappa shape index (κ2) is 4.18. The van der Waals surface area contributed by atoms with Crippen LogP contribution in [0.1, 0.15) is 0 Å². The lowest BCUT2D eigenvalue weighted by molar-refractivity contribution is 0.230. The summed E-state index contributed by atoms with van der Waals surface area (Å²) >= 11 is 3.14. The predicted molar refractivity (Wildman–Crippen MR) is 52.4 cm³/mol. The van der Waals surface area contributed by atoms with E-state index in [0.29, 0.717) is 10.4 Å². The highest BCUT2D eigenvalue weighted by molar-refractivity contribution is 9.10. The Bertz CT molecular complexity index is 298. The van der Waals surface area contributed by atoms with Crippen LogP contribution in [0.4, 0.5) is 10.6 Å². The van der Waals surface area contributed by atoms with Gasteiger partial charge in [0.1, 0.15) is 4.60 Å². The smallest absolute Gasteiger partial charge is 0.322 e. The summed E-state index contributed by atoms with van der Waals surface area (Å²) < 4.78 is 0.635. The van der Waals surface area contributed by atoms with E-state index >= 15 is 0 Å². The number of aromatic nitrogens is 2. The van der Waals surface area contributed by atoms with E-state index in [4.69, 9.17) is 0 Å². The van der Waals surface area contributed by atoms with Crippen LogP contribution in [0.5, 0.6) is 0 Å². The molecule has 2 amide bonds. The number of carbonyl (C=O) groups is 1. The molecule has 0 atom stereocenters. The first-order valence-corrected chi connectivity index (χ1v) is 4.35. The van der Waals surface area contributed by atoms with Gasteiger partial charge in [-0.15, -0.1) is 0 Å². The molecule has 1 aromatic rings. The maximum Gasteiger partial charge on any atom is 0.322 e. The van der Waals surface area contributed by atoms with Crippen molar-refractivity contribution in [1.82, 2.24) is 14.9 Å². The number of urea groups is 1. The molecule has 0 bridgehead atoms. The van der Waals surface area contributed by atoms with Crippen LogP contribution in [-0.4, -0.2) is 35.0 Å². The molecule has 1 N–H and O–H groups in total. The van der Waals surface area contributed by atoms with Crippen LogP contribution in [0, 0.1) is 0 Å². The zero-order chi connectivity index (χ0) is 9.84. The number of hydrogen-bond donors (Lipinski definition) is 1. The summed E-state index contributed by atoms with van der Waals surface area (Å²) in [5, 5.41) is 2.56. The maximum absolute atomic E-state index is 11.1. The molecule has 0 saturated heterocycles. The molecule has 0 radical (unpaired) electrons. The van der Waals surface area contributed by atoms with Crippen molar-refractivity contribution in [3.63, 3.8) is 0 Å². The number of nitrogens with one attached hydrogen (secondary N) is 1. The van der Waals surface area contributed by atoms with Crippen molar-refractivity contribution < 1.29 is 4.79 Å². The number of nitrogens with zero attached hydrogens (tertiary/aromatic N) is 3. The van der Waals surface area contributed by atoms with Gasteiger partial charge in [-0.1, -0.05) is 0 Å². The summed E-state index contributed by atoms with van der Waals surface area (Å²) in [5.41, 5.74) is 0. The molecule has 1 aromatic heterocycles. The van der Waals surface area contributed by atoms with Gasteiger partial charge in [-0.05, 0) is 15.9 Å². The van der Waals surface area contributed by atoms with Crippen LogP contribution >= 0.6 is 15.9 Å². The summed E-state index contributed by atoms with van der Waals surface area (Å²) in [4.78, 5) is 20.4. The highest BCUT2D eigenvalue weighted by Gasteiger charge is 2.04. The van der Waals surface area contributed by atoms with Gasteiger partial charge in [0.25, 0.3) is 0 Å². The fourth-order valence-corrected chi connectivity index (χ4v) is 0.803. The number of anilines is 1. The van der Waals surface area contributed by atoms with Gasteiger partial charge in [0.15, 0.2) is 5.82 Å². The fourth-order valence-electron chi connectivity index (χ4n) is 0.598. The first kappa shape index (κ1) is 9.91. The number of rotatable bonds is 1. The number of hydrogen-bond acceptors (Lipinski definition) is 3. The molecule has 0 aliphatic heterocycles. The standard InChI is InChI=1S/C7H9BrN4O/c1-12(2)7(13)11-6-4-9-5(8)3-10-6/h3-4H,1-2H3,(H,10,11,13). The normalized spacial score (nSPS) is 9.46. The van der Waals surface area contributed by atoms with Crippen LogP contribution in [0.25, 0.3) is 0 Å². The number of amides is 2. The van der Waals surface area contributed by atoms with Crippen LogP contribution < -0.4 is 5.32 Å². The van der Waals surface area contributed by atoms with E-state index in [1.54, 1.807) is 14.1 Å². The lowest BCUT2D eigenvalue weighted by atomic mass is 10.6. The van der Waals surface area contributed by atoms with Gasteiger partial charge in [-0.3, -0.25) is 5.32 Å². The van der Waals surface area contributed by atoms with Crippen LogP contribution in [0.3, 0.4) is 0 Å². The molecule has 1 heterocycles. The van der Waals surface area contributed by atoms with Gasteiger partial charge >= 0.3 is 6.03 Å². The Labute approximate surface area is 84.3 Å². The Morgan fingerprint density at radius 1 is 1.46 bits per heavy atom.